The Labute approximate surface area is 124 Å². The molecule has 1 fully saturated rings. The molecule has 1 aromatic rings. The minimum Gasteiger partial charge on any atom is -0.389 e. The molecule has 0 saturated heterocycles. The molecule has 0 radical (unpaired) electrons. The van der Waals surface area contributed by atoms with Crippen molar-refractivity contribution in [2.75, 3.05) is 19.8 Å². The first-order chi connectivity index (χ1) is 10.4. The van der Waals surface area contributed by atoms with Crippen LogP contribution >= 0.6 is 0 Å². The van der Waals surface area contributed by atoms with E-state index in [1.165, 1.54) is 0 Å². The Morgan fingerprint density at radius 2 is 1.86 bits per heavy atom. The fourth-order valence-corrected chi connectivity index (χ4v) is 1.79. The van der Waals surface area contributed by atoms with Gasteiger partial charge in [0.2, 0.25) is 0 Å². The summed E-state index contributed by atoms with van der Waals surface area (Å²) in [4.78, 5) is 11.6. The maximum Gasteiger partial charge on any atom is 0.257 e. The van der Waals surface area contributed by atoms with E-state index in [-0.39, 0.29) is 19.2 Å². The van der Waals surface area contributed by atoms with Gasteiger partial charge in [0.05, 0.1) is 12.7 Å². The molecule has 1 aromatic carbocycles. The monoisotopic (exact) mass is 321 g/mol. The highest BCUT2D eigenvalue weighted by Gasteiger charge is 2.25. The lowest BCUT2D eigenvalue weighted by atomic mass is 10.1. The van der Waals surface area contributed by atoms with Crippen LogP contribution in [0.5, 0.6) is 0 Å². The van der Waals surface area contributed by atoms with E-state index in [0.29, 0.717) is 12.5 Å². The van der Waals surface area contributed by atoms with Crippen molar-refractivity contribution >= 4 is 5.91 Å². The fraction of sp³-hybridized carbons (Fsp3) is 0.500. The maximum atomic E-state index is 13.4. The minimum absolute atomic E-state index is 0.0159. The second-order valence-corrected chi connectivity index (χ2v) is 5.19. The number of aliphatic hydroxyl groups is 1. The number of aliphatic hydroxyl groups excluding tert-OH is 1. The first-order valence-electron chi connectivity index (χ1n) is 6.77. The van der Waals surface area contributed by atoms with E-state index in [1.807, 2.05) is 5.32 Å². The lowest BCUT2D eigenvalue weighted by Crippen LogP contribution is -2.35. The molecule has 0 heterocycles. The highest BCUT2D eigenvalue weighted by molar-refractivity contribution is 5.94. The number of carbonyl (C=O) groups excluding carboxylic acids is 1. The molecule has 2 N–H and O–H groups in total. The first kappa shape index (κ1) is 16.7. The second kappa shape index (κ2) is 7.06. The molecular formula is C14H15F4NO3. The van der Waals surface area contributed by atoms with Crippen LogP contribution in [0, 0.1) is 29.2 Å². The standard InChI is InChI=1S/C14H15F4NO3/c15-9-3-10(16)13(18)11(12(9)17)14(21)19-4-8(20)6-22-5-7-1-2-7/h3,7-8,20H,1-2,4-6H2,(H,19,21). The number of halogens is 4. The molecule has 8 heteroatoms. The van der Waals surface area contributed by atoms with Gasteiger partial charge in [-0.1, -0.05) is 0 Å². The van der Waals surface area contributed by atoms with Crippen LogP contribution in [-0.2, 0) is 4.74 Å². The predicted octanol–water partition coefficient (Wildman–Crippen LogP) is 1.76. The lowest BCUT2D eigenvalue weighted by Gasteiger charge is -2.13. The van der Waals surface area contributed by atoms with Crippen molar-refractivity contribution in [3.8, 4) is 0 Å². The van der Waals surface area contributed by atoms with Crippen molar-refractivity contribution in [2.45, 2.75) is 18.9 Å². The quantitative estimate of drug-likeness (QED) is 0.594. The third kappa shape index (κ3) is 4.17. The van der Waals surface area contributed by atoms with Gasteiger partial charge in [-0.2, -0.15) is 0 Å². The summed E-state index contributed by atoms with van der Waals surface area (Å²) >= 11 is 0. The Hall–Kier alpha value is -1.67. The molecule has 1 saturated carbocycles. The van der Waals surface area contributed by atoms with Gasteiger partial charge in [-0.3, -0.25) is 4.79 Å². The van der Waals surface area contributed by atoms with E-state index in [0.717, 1.165) is 12.8 Å². The molecule has 1 aliphatic carbocycles. The maximum absolute atomic E-state index is 13.4. The van der Waals surface area contributed by atoms with Gasteiger partial charge < -0.3 is 15.2 Å². The summed E-state index contributed by atoms with van der Waals surface area (Å²) in [6.45, 7) is 0.0864. The zero-order chi connectivity index (χ0) is 16.3. The van der Waals surface area contributed by atoms with Crippen LogP contribution in [0.25, 0.3) is 0 Å². The van der Waals surface area contributed by atoms with Crippen LogP contribution < -0.4 is 5.32 Å². The molecule has 22 heavy (non-hydrogen) atoms. The fourth-order valence-electron chi connectivity index (χ4n) is 1.79. The number of hydrogen-bond acceptors (Lipinski definition) is 3. The van der Waals surface area contributed by atoms with Crippen LogP contribution in [0.2, 0.25) is 0 Å². The molecule has 1 unspecified atom stereocenters. The molecule has 0 aliphatic heterocycles. The summed E-state index contributed by atoms with van der Waals surface area (Å²) in [5.74, 6) is -7.75. The number of nitrogens with one attached hydrogen (secondary N) is 1. The largest absolute Gasteiger partial charge is 0.389 e. The van der Waals surface area contributed by atoms with Crippen LogP contribution in [-0.4, -0.2) is 36.9 Å². The molecule has 0 spiro atoms. The van der Waals surface area contributed by atoms with Crippen molar-refractivity contribution in [1.82, 2.24) is 5.32 Å². The van der Waals surface area contributed by atoms with E-state index >= 15 is 0 Å². The summed E-state index contributed by atoms with van der Waals surface area (Å²) in [6, 6.07) is 0.0159. The summed E-state index contributed by atoms with van der Waals surface area (Å²) in [7, 11) is 0. The summed E-state index contributed by atoms with van der Waals surface area (Å²) in [5.41, 5.74) is -1.36. The Kier molecular flexibility index (Phi) is 5.36. The third-order valence-corrected chi connectivity index (χ3v) is 3.20. The Morgan fingerprint density at radius 3 is 2.41 bits per heavy atom. The van der Waals surface area contributed by atoms with E-state index in [1.54, 1.807) is 0 Å². The molecule has 0 aromatic heterocycles. The van der Waals surface area contributed by atoms with E-state index < -0.39 is 40.8 Å². The minimum atomic E-state index is -1.78. The highest BCUT2D eigenvalue weighted by Crippen LogP contribution is 2.28. The smallest absolute Gasteiger partial charge is 0.257 e. The SMILES string of the molecule is O=C(NCC(O)COCC1CC1)c1c(F)c(F)cc(F)c1F. The number of carbonyl (C=O) groups is 1. The van der Waals surface area contributed by atoms with Crippen molar-refractivity contribution in [1.29, 1.82) is 0 Å². The van der Waals surface area contributed by atoms with Gasteiger partial charge >= 0.3 is 0 Å². The van der Waals surface area contributed by atoms with Gasteiger partial charge in [-0.15, -0.1) is 0 Å². The molecule has 1 atom stereocenters. The van der Waals surface area contributed by atoms with E-state index in [2.05, 4.69) is 0 Å². The average molecular weight is 321 g/mol. The molecule has 1 amide bonds. The first-order valence-corrected chi connectivity index (χ1v) is 6.77. The summed E-state index contributed by atoms with van der Waals surface area (Å²) < 4.78 is 57.9. The van der Waals surface area contributed by atoms with Crippen LogP contribution in [0.4, 0.5) is 17.6 Å². The average Bonchev–Trinajstić information content (AvgIpc) is 3.27. The number of amides is 1. The van der Waals surface area contributed by atoms with Gasteiger partial charge in [-0.25, -0.2) is 17.6 Å². The van der Waals surface area contributed by atoms with Gasteiger partial charge in [0, 0.05) is 19.2 Å². The van der Waals surface area contributed by atoms with Crippen LogP contribution in [0.1, 0.15) is 23.2 Å². The summed E-state index contributed by atoms with van der Waals surface area (Å²) in [5, 5.41) is 11.6. The van der Waals surface area contributed by atoms with Crippen molar-refractivity contribution < 1.29 is 32.2 Å². The topological polar surface area (TPSA) is 58.6 Å². The van der Waals surface area contributed by atoms with Crippen LogP contribution in [0.15, 0.2) is 6.07 Å². The summed E-state index contributed by atoms with van der Waals surface area (Å²) in [6.07, 6.45) is 1.07. The molecule has 2 rings (SSSR count). The molecule has 4 nitrogen and oxygen atoms in total. The molecule has 0 bridgehead atoms. The number of hydrogen-bond donors (Lipinski definition) is 2. The lowest BCUT2D eigenvalue weighted by molar-refractivity contribution is 0.0320. The zero-order valence-corrected chi connectivity index (χ0v) is 11.5. The Balaban J connectivity index is 1.88. The highest BCUT2D eigenvalue weighted by atomic mass is 19.2. The van der Waals surface area contributed by atoms with Crippen LogP contribution in [0.3, 0.4) is 0 Å². The molecule has 122 valence electrons. The number of rotatable bonds is 7. The second-order valence-electron chi connectivity index (χ2n) is 5.19. The van der Waals surface area contributed by atoms with Crippen molar-refractivity contribution in [2.24, 2.45) is 5.92 Å². The Morgan fingerprint density at radius 1 is 1.27 bits per heavy atom. The normalized spacial score (nSPS) is 15.7. The van der Waals surface area contributed by atoms with Crippen molar-refractivity contribution in [3.05, 3.63) is 34.9 Å². The van der Waals surface area contributed by atoms with Gasteiger partial charge in [0.15, 0.2) is 23.3 Å². The third-order valence-electron chi connectivity index (χ3n) is 3.20. The number of benzene rings is 1. The van der Waals surface area contributed by atoms with Gasteiger partial charge in [0.25, 0.3) is 5.91 Å². The predicted molar refractivity (Wildman–Crippen MR) is 68.2 cm³/mol. The molecular weight excluding hydrogens is 306 g/mol. The molecule has 1 aliphatic rings. The number of ether oxygens (including phenoxy) is 1. The van der Waals surface area contributed by atoms with Crippen molar-refractivity contribution in [3.63, 3.8) is 0 Å². The van der Waals surface area contributed by atoms with E-state index in [9.17, 15) is 27.5 Å². The van der Waals surface area contributed by atoms with Gasteiger partial charge in [-0.05, 0) is 18.8 Å². The van der Waals surface area contributed by atoms with Gasteiger partial charge in [0.1, 0.15) is 5.56 Å². The zero-order valence-electron chi connectivity index (χ0n) is 11.5. The van der Waals surface area contributed by atoms with E-state index in [4.69, 9.17) is 4.74 Å². The Bertz CT molecular complexity index is 537.